The molecule has 2 aromatic carbocycles. The number of carbonyl (C=O) groups is 3. The van der Waals surface area contributed by atoms with Gasteiger partial charge in [0.05, 0.1) is 18.5 Å². The summed E-state index contributed by atoms with van der Waals surface area (Å²) in [5.74, 6) is -0.205. The number of nitrogens with one attached hydrogen (secondary N) is 1. The molecular weight excluding hydrogens is 422 g/mol. The normalized spacial score (nSPS) is 19.2. The van der Waals surface area contributed by atoms with Gasteiger partial charge in [0.1, 0.15) is 12.3 Å². The number of ether oxygens (including phenoxy) is 1. The van der Waals surface area contributed by atoms with Crippen molar-refractivity contribution >= 4 is 17.8 Å². The van der Waals surface area contributed by atoms with E-state index in [2.05, 4.69) is 10.4 Å². The van der Waals surface area contributed by atoms with Crippen molar-refractivity contribution in [3.8, 4) is 11.4 Å². The van der Waals surface area contributed by atoms with Crippen molar-refractivity contribution in [2.75, 3.05) is 20.2 Å². The Balaban J connectivity index is 1.28. The molecule has 1 aromatic heterocycles. The maximum atomic E-state index is 13.3. The zero-order valence-corrected chi connectivity index (χ0v) is 18.1. The molecule has 3 aromatic rings. The molecule has 1 fully saturated rings. The smallest absolute Gasteiger partial charge is 0.325 e. The van der Waals surface area contributed by atoms with E-state index in [0.29, 0.717) is 30.9 Å². The Labute approximate surface area is 190 Å². The number of rotatable bonds is 5. The molecule has 0 aliphatic carbocycles. The van der Waals surface area contributed by atoms with Gasteiger partial charge in [-0.1, -0.05) is 36.4 Å². The third-order valence-corrected chi connectivity index (χ3v) is 6.05. The van der Waals surface area contributed by atoms with Crippen molar-refractivity contribution in [1.82, 2.24) is 24.9 Å². The zero-order valence-electron chi connectivity index (χ0n) is 18.1. The topological polar surface area (TPSA) is 96.8 Å². The second-order valence-electron chi connectivity index (χ2n) is 8.20. The molecule has 0 saturated carbocycles. The van der Waals surface area contributed by atoms with Crippen molar-refractivity contribution in [2.24, 2.45) is 0 Å². The second kappa shape index (κ2) is 8.09. The highest BCUT2D eigenvalue weighted by Crippen LogP contribution is 2.40. The molecule has 168 valence electrons. The van der Waals surface area contributed by atoms with E-state index in [9.17, 15) is 14.4 Å². The molecular formula is C24H23N5O4. The minimum Gasteiger partial charge on any atom is -0.493 e. The number of likely N-dealkylation sites (N-methyl/N-ethyl adjacent to an activating group) is 1. The number of urea groups is 1. The summed E-state index contributed by atoms with van der Waals surface area (Å²) in [4.78, 5) is 41.4. The van der Waals surface area contributed by atoms with Gasteiger partial charge in [-0.2, -0.15) is 5.10 Å². The summed E-state index contributed by atoms with van der Waals surface area (Å²) in [7, 11) is 1.64. The van der Waals surface area contributed by atoms with Gasteiger partial charge in [0, 0.05) is 37.3 Å². The lowest BCUT2D eigenvalue weighted by Crippen LogP contribution is -2.48. The Morgan fingerprint density at radius 2 is 1.91 bits per heavy atom. The fraction of sp³-hybridized carbons (Fsp3) is 0.250. The van der Waals surface area contributed by atoms with Gasteiger partial charge in [-0.05, 0) is 18.2 Å². The van der Waals surface area contributed by atoms with Crippen LogP contribution < -0.4 is 10.1 Å². The number of carbonyl (C=O) groups excluding carboxylic acids is 3. The van der Waals surface area contributed by atoms with E-state index in [1.54, 1.807) is 36.1 Å². The number of benzene rings is 2. The van der Waals surface area contributed by atoms with Crippen molar-refractivity contribution in [3.63, 3.8) is 0 Å². The molecule has 2 aliphatic heterocycles. The van der Waals surface area contributed by atoms with Crippen LogP contribution >= 0.6 is 0 Å². The number of hydrogen-bond donors (Lipinski definition) is 1. The SMILES string of the molecule is CN(Cc1cnn(-c2ccccc2)c1)C(=O)CN1C(=O)NC2(CCOc3ccccc32)C1=O. The molecule has 1 N–H and O–H groups in total. The van der Waals surface area contributed by atoms with Gasteiger partial charge in [0.15, 0.2) is 5.54 Å². The quantitative estimate of drug-likeness (QED) is 0.607. The van der Waals surface area contributed by atoms with Crippen LogP contribution in [0.15, 0.2) is 67.0 Å². The van der Waals surface area contributed by atoms with Crippen molar-refractivity contribution in [1.29, 1.82) is 0 Å². The summed E-state index contributed by atoms with van der Waals surface area (Å²) in [6.45, 7) is 0.270. The van der Waals surface area contributed by atoms with Crippen LogP contribution in [0, 0.1) is 0 Å². The van der Waals surface area contributed by atoms with E-state index >= 15 is 0 Å². The Bertz CT molecular complexity index is 1220. The van der Waals surface area contributed by atoms with Crippen LogP contribution in [-0.4, -0.2) is 57.6 Å². The van der Waals surface area contributed by atoms with Crippen molar-refractivity contribution < 1.29 is 19.1 Å². The van der Waals surface area contributed by atoms with Crippen molar-refractivity contribution in [2.45, 2.75) is 18.5 Å². The fourth-order valence-corrected chi connectivity index (χ4v) is 4.30. The molecule has 1 saturated heterocycles. The predicted molar refractivity (Wildman–Crippen MR) is 119 cm³/mol. The summed E-state index contributed by atoms with van der Waals surface area (Å²) in [6.07, 6.45) is 3.85. The highest BCUT2D eigenvalue weighted by molar-refractivity contribution is 6.09. The molecule has 9 heteroatoms. The monoisotopic (exact) mass is 445 g/mol. The number of fused-ring (bicyclic) bond motifs is 2. The predicted octanol–water partition coefficient (Wildman–Crippen LogP) is 2.06. The van der Waals surface area contributed by atoms with Crippen LogP contribution in [0.25, 0.3) is 5.69 Å². The van der Waals surface area contributed by atoms with Gasteiger partial charge in [-0.25, -0.2) is 9.48 Å². The number of aromatic nitrogens is 2. The standard InChI is InChI=1S/C24H23N5O4/c1-27(14-17-13-25-29(15-17)18-7-3-2-4-8-18)21(30)16-28-22(31)24(26-23(28)32)11-12-33-20-10-6-5-9-19(20)24/h2-10,13,15H,11-12,14,16H2,1H3,(H,26,32). The number of hydrogen-bond acceptors (Lipinski definition) is 5. The van der Waals surface area contributed by atoms with Gasteiger partial charge >= 0.3 is 6.03 Å². The maximum Gasteiger partial charge on any atom is 0.325 e. The van der Waals surface area contributed by atoms with Crippen LogP contribution in [0.4, 0.5) is 4.79 Å². The van der Waals surface area contributed by atoms with Crippen LogP contribution in [-0.2, 0) is 21.7 Å². The van der Waals surface area contributed by atoms with Crippen LogP contribution in [0.2, 0.25) is 0 Å². The number of amides is 4. The average Bonchev–Trinajstić information content (AvgIpc) is 3.39. The summed E-state index contributed by atoms with van der Waals surface area (Å²) >= 11 is 0. The molecule has 33 heavy (non-hydrogen) atoms. The summed E-state index contributed by atoms with van der Waals surface area (Å²) in [6, 6.07) is 16.2. The summed E-state index contributed by atoms with van der Waals surface area (Å²) in [5, 5.41) is 7.16. The third kappa shape index (κ3) is 3.61. The van der Waals surface area contributed by atoms with Crippen LogP contribution in [0.3, 0.4) is 0 Å². The number of para-hydroxylation sites is 2. The van der Waals surface area contributed by atoms with Gasteiger partial charge in [-0.15, -0.1) is 0 Å². The highest BCUT2D eigenvalue weighted by atomic mass is 16.5. The first-order valence-electron chi connectivity index (χ1n) is 10.7. The van der Waals surface area contributed by atoms with Crippen LogP contribution in [0.5, 0.6) is 5.75 Å². The molecule has 0 bridgehead atoms. The van der Waals surface area contributed by atoms with E-state index in [0.717, 1.165) is 16.2 Å². The first-order valence-corrected chi connectivity index (χ1v) is 10.7. The van der Waals surface area contributed by atoms with E-state index in [1.807, 2.05) is 42.6 Å². The molecule has 1 atom stereocenters. The fourth-order valence-electron chi connectivity index (χ4n) is 4.30. The van der Waals surface area contributed by atoms with Gasteiger partial charge in [-0.3, -0.25) is 14.5 Å². The molecule has 1 spiro atoms. The minimum atomic E-state index is -1.19. The molecule has 5 rings (SSSR count). The summed E-state index contributed by atoms with van der Waals surface area (Å²) in [5.41, 5.74) is 1.17. The molecule has 3 heterocycles. The average molecular weight is 445 g/mol. The number of nitrogens with zero attached hydrogens (tertiary/aromatic N) is 4. The molecule has 1 unspecified atom stereocenters. The Morgan fingerprint density at radius 3 is 2.73 bits per heavy atom. The van der Waals surface area contributed by atoms with Crippen molar-refractivity contribution in [3.05, 3.63) is 78.1 Å². The minimum absolute atomic E-state index is 0.302. The lowest BCUT2D eigenvalue weighted by molar-refractivity contribution is -0.139. The molecule has 0 radical (unpaired) electrons. The Hall–Kier alpha value is -4.14. The maximum absolute atomic E-state index is 13.3. The largest absolute Gasteiger partial charge is 0.493 e. The van der Waals surface area contributed by atoms with E-state index in [4.69, 9.17) is 4.74 Å². The Kier molecular flexibility index (Phi) is 5.08. The van der Waals surface area contributed by atoms with Gasteiger partial charge < -0.3 is 15.0 Å². The molecule has 9 nitrogen and oxygen atoms in total. The lowest BCUT2D eigenvalue weighted by atomic mass is 9.84. The van der Waals surface area contributed by atoms with E-state index in [1.165, 1.54) is 4.90 Å². The van der Waals surface area contributed by atoms with Gasteiger partial charge in [0.25, 0.3) is 5.91 Å². The first kappa shape index (κ1) is 20.7. The van der Waals surface area contributed by atoms with E-state index in [-0.39, 0.29) is 12.5 Å². The third-order valence-electron chi connectivity index (χ3n) is 6.05. The Morgan fingerprint density at radius 1 is 1.15 bits per heavy atom. The lowest BCUT2D eigenvalue weighted by Gasteiger charge is -2.33. The van der Waals surface area contributed by atoms with Gasteiger partial charge in [0.2, 0.25) is 5.91 Å². The summed E-state index contributed by atoms with van der Waals surface area (Å²) < 4.78 is 7.38. The van der Waals surface area contributed by atoms with E-state index < -0.39 is 17.5 Å². The molecule has 2 aliphatic rings. The highest BCUT2D eigenvalue weighted by Gasteiger charge is 2.55. The molecule has 4 amide bonds. The second-order valence-corrected chi connectivity index (χ2v) is 8.20. The first-order chi connectivity index (χ1) is 16.0. The zero-order chi connectivity index (χ0) is 23.0. The number of imide groups is 1. The van der Waals surface area contributed by atoms with Crippen LogP contribution in [0.1, 0.15) is 17.5 Å².